The van der Waals surface area contributed by atoms with Crippen molar-refractivity contribution in [2.45, 2.75) is 18.7 Å². The van der Waals surface area contributed by atoms with Crippen LogP contribution in [0.3, 0.4) is 0 Å². The first kappa shape index (κ1) is 19.9. The third kappa shape index (κ3) is 4.35. The largest absolute Gasteiger partial charge is 0.454 e. The number of nitrogens with zero attached hydrogens (tertiary/aromatic N) is 1. The molecule has 2 aromatic rings. The minimum absolute atomic E-state index is 0.147. The summed E-state index contributed by atoms with van der Waals surface area (Å²) in [6.07, 6.45) is 3.02. The highest BCUT2D eigenvalue weighted by molar-refractivity contribution is 7.89. The lowest BCUT2D eigenvalue weighted by Crippen LogP contribution is -2.30. The smallest absolute Gasteiger partial charge is 0.248 e. The molecule has 7 nitrogen and oxygen atoms in total. The van der Waals surface area contributed by atoms with Crippen molar-refractivity contribution < 1.29 is 22.7 Å². The van der Waals surface area contributed by atoms with Gasteiger partial charge in [0.2, 0.25) is 22.7 Å². The number of carbonyl (C=O) groups excluding carboxylic acids is 1. The SMILES string of the molecule is CCN(CC)S(=O)(=O)c1cccc(NC(=O)/C=C/c2ccc3c(c2)OCO3)c1. The summed E-state index contributed by atoms with van der Waals surface area (Å²) in [6.45, 7) is 4.53. The van der Waals surface area contributed by atoms with Crippen LogP contribution in [0.1, 0.15) is 19.4 Å². The molecule has 0 radical (unpaired) electrons. The molecule has 0 spiro atoms. The van der Waals surface area contributed by atoms with Gasteiger partial charge in [-0.05, 0) is 42.0 Å². The van der Waals surface area contributed by atoms with E-state index in [1.54, 1.807) is 44.2 Å². The van der Waals surface area contributed by atoms with Crippen molar-refractivity contribution in [3.8, 4) is 11.5 Å². The van der Waals surface area contributed by atoms with Crippen LogP contribution in [0.5, 0.6) is 11.5 Å². The van der Waals surface area contributed by atoms with Gasteiger partial charge < -0.3 is 14.8 Å². The minimum atomic E-state index is -3.58. The van der Waals surface area contributed by atoms with Crippen molar-refractivity contribution in [1.29, 1.82) is 0 Å². The lowest BCUT2D eigenvalue weighted by Gasteiger charge is -2.18. The maximum atomic E-state index is 12.6. The maximum absolute atomic E-state index is 12.6. The van der Waals surface area contributed by atoms with E-state index in [0.29, 0.717) is 30.3 Å². The standard InChI is InChI=1S/C20H22N2O5S/c1-3-22(4-2)28(24,25)17-7-5-6-16(13-17)21-20(23)11-9-15-8-10-18-19(12-15)27-14-26-18/h5-13H,3-4,14H2,1-2H3,(H,21,23)/b11-9+. The number of fused-ring (bicyclic) bond motifs is 1. The van der Waals surface area contributed by atoms with Gasteiger partial charge in [-0.2, -0.15) is 4.31 Å². The molecule has 0 unspecified atom stereocenters. The van der Waals surface area contributed by atoms with Crippen LogP contribution >= 0.6 is 0 Å². The number of hydrogen-bond acceptors (Lipinski definition) is 5. The normalized spacial score (nSPS) is 13.2. The second-order valence-corrected chi connectivity index (χ2v) is 7.99. The molecule has 1 heterocycles. The molecule has 2 aromatic carbocycles. The molecule has 3 rings (SSSR count). The van der Waals surface area contributed by atoms with Crippen molar-refractivity contribution in [3.05, 3.63) is 54.1 Å². The Kier molecular flexibility index (Phi) is 6.01. The highest BCUT2D eigenvalue weighted by Gasteiger charge is 2.21. The summed E-state index contributed by atoms with van der Waals surface area (Å²) in [5, 5.41) is 2.69. The third-order valence-corrected chi connectivity index (χ3v) is 6.31. The number of amides is 1. The number of ether oxygens (including phenoxy) is 2. The fraction of sp³-hybridized carbons (Fsp3) is 0.250. The van der Waals surface area contributed by atoms with E-state index in [9.17, 15) is 13.2 Å². The van der Waals surface area contributed by atoms with E-state index in [1.807, 2.05) is 6.07 Å². The van der Waals surface area contributed by atoms with Crippen LogP contribution in [0.4, 0.5) is 5.69 Å². The zero-order valence-electron chi connectivity index (χ0n) is 15.7. The molecule has 1 amide bonds. The summed E-state index contributed by atoms with van der Waals surface area (Å²) < 4.78 is 37.2. The van der Waals surface area contributed by atoms with E-state index in [4.69, 9.17) is 9.47 Å². The minimum Gasteiger partial charge on any atom is -0.454 e. The number of anilines is 1. The fourth-order valence-corrected chi connectivity index (χ4v) is 4.32. The Morgan fingerprint density at radius 2 is 1.86 bits per heavy atom. The van der Waals surface area contributed by atoms with Gasteiger partial charge in [-0.25, -0.2) is 8.42 Å². The van der Waals surface area contributed by atoms with Crippen LogP contribution in [0.2, 0.25) is 0 Å². The monoisotopic (exact) mass is 402 g/mol. The summed E-state index contributed by atoms with van der Waals surface area (Å²) in [5.41, 5.74) is 1.20. The third-order valence-electron chi connectivity index (χ3n) is 4.27. The van der Waals surface area contributed by atoms with E-state index in [1.165, 1.54) is 22.5 Å². The zero-order valence-corrected chi connectivity index (χ0v) is 16.5. The van der Waals surface area contributed by atoms with Gasteiger partial charge >= 0.3 is 0 Å². The molecule has 148 valence electrons. The fourth-order valence-electron chi connectivity index (χ4n) is 2.82. The molecule has 1 aliphatic heterocycles. The topological polar surface area (TPSA) is 84.9 Å². The van der Waals surface area contributed by atoms with E-state index >= 15 is 0 Å². The van der Waals surface area contributed by atoms with Crippen LogP contribution in [-0.4, -0.2) is 38.5 Å². The van der Waals surface area contributed by atoms with Crippen LogP contribution in [0, 0.1) is 0 Å². The molecule has 1 aliphatic rings. The predicted molar refractivity (Wildman–Crippen MR) is 107 cm³/mol. The number of rotatable bonds is 7. The number of hydrogen-bond donors (Lipinski definition) is 1. The van der Waals surface area contributed by atoms with E-state index < -0.39 is 10.0 Å². The van der Waals surface area contributed by atoms with Crippen LogP contribution in [-0.2, 0) is 14.8 Å². The summed E-state index contributed by atoms with van der Waals surface area (Å²) >= 11 is 0. The Bertz CT molecular complexity index is 997. The summed E-state index contributed by atoms with van der Waals surface area (Å²) in [7, 11) is -3.58. The Labute approximate surface area is 164 Å². The Morgan fingerprint density at radius 1 is 1.11 bits per heavy atom. The first-order valence-corrected chi connectivity index (χ1v) is 10.4. The first-order chi connectivity index (χ1) is 13.4. The summed E-state index contributed by atoms with van der Waals surface area (Å²) in [5.74, 6) is 0.944. The average molecular weight is 402 g/mol. The molecule has 0 bridgehead atoms. The van der Waals surface area contributed by atoms with E-state index in [-0.39, 0.29) is 17.6 Å². The molecule has 0 saturated carbocycles. The summed E-state index contributed by atoms with van der Waals surface area (Å²) in [6, 6.07) is 11.6. The van der Waals surface area contributed by atoms with E-state index in [0.717, 1.165) is 5.56 Å². The number of carbonyl (C=O) groups is 1. The van der Waals surface area contributed by atoms with Gasteiger partial charge in [-0.15, -0.1) is 0 Å². The Hall–Kier alpha value is -2.84. The predicted octanol–water partition coefficient (Wildman–Crippen LogP) is 3.10. The lowest BCUT2D eigenvalue weighted by atomic mass is 10.2. The van der Waals surface area contributed by atoms with Crippen molar-refractivity contribution >= 4 is 27.7 Å². The number of sulfonamides is 1. The zero-order chi connectivity index (χ0) is 20.1. The molecule has 28 heavy (non-hydrogen) atoms. The van der Waals surface area contributed by atoms with Crippen molar-refractivity contribution in [2.24, 2.45) is 0 Å². The van der Waals surface area contributed by atoms with Gasteiger partial charge in [0.25, 0.3) is 0 Å². The van der Waals surface area contributed by atoms with Crippen molar-refractivity contribution in [3.63, 3.8) is 0 Å². The lowest BCUT2D eigenvalue weighted by molar-refractivity contribution is -0.111. The van der Waals surface area contributed by atoms with Crippen LogP contribution < -0.4 is 14.8 Å². The molecule has 0 fully saturated rings. The molecular weight excluding hydrogens is 380 g/mol. The average Bonchev–Trinajstić information content (AvgIpc) is 3.15. The molecule has 8 heteroatoms. The number of benzene rings is 2. The van der Waals surface area contributed by atoms with Gasteiger partial charge in [-0.3, -0.25) is 4.79 Å². The van der Waals surface area contributed by atoms with E-state index in [2.05, 4.69) is 5.32 Å². The highest BCUT2D eigenvalue weighted by atomic mass is 32.2. The van der Waals surface area contributed by atoms with Crippen LogP contribution in [0.25, 0.3) is 6.08 Å². The molecule has 0 aliphatic carbocycles. The molecule has 1 N–H and O–H groups in total. The quantitative estimate of drug-likeness (QED) is 0.720. The second-order valence-electron chi connectivity index (χ2n) is 6.05. The first-order valence-electron chi connectivity index (χ1n) is 8.93. The van der Waals surface area contributed by atoms with Crippen molar-refractivity contribution in [1.82, 2.24) is 4.31 Å². The highest BCUT2D eigenvalue weighted by Crippen LogP contribution is 2.32. The maximum Gasteiger partial charge on any atom is 0.248 e. The van der Waals surface area contributed by atoms with Gasteiger partial charge in [0.1, 0.15) is 0 Å². The second kappa shape index (κ2) is 8.45. The van der Waals surface area contributed by atoms with Gasteiger partial charge in [0, 0.05) is 24.9 Å². The summed E-state index contributed by atoms with van der Waals surface area (Å²) in [4.78, 5) is 12.4. The van der Waals surface area contributed by atoms with Gasteiger partial charge in [-0.1, -0.05) is 26.0 Å². The van der Waals surface area contributed by atoms with Gasteiger partial charge in [0.15, 0.2) is 11.5 Å². The molecule has 0 atom stereocenters. The molecule has 0 saturated heterocycles. The molecular formula is C20H22N2O5S. The Balaban J connectivity index is 1.71. The van der Waals surface area contributed by atoms with Crippen LogP contribution in [0.15, 0.2) is 53.4 Å². The van der Waals surface area contributed by atoms with Gasteiger partial charge in [0.05, 0.1) is 4.90 Å². The van der Waals surface area contributed by atoms with Crippen molar-refractivity contribution in [2.75, 3.05) is 25.2 Å². The number of nitrogens with one attached hydrogen (secondary N) is 1. The molecule has 0 aromatic heterocycles. The Morgan fingerprint density at radius 3 is 2.61 bits per heavy atom.